The van der Waals surface area contributed by atoms with Crippen molar-refractivity contribution in [1.82, 2.24) is 15.1 Å². The first-order valence-electron chi connectivity index (χ1n) is 5.87. The molecule has 0 bridgehead atoms. The highest BCUT2D eigenvalue weighted by Crippen LogP contribution is 2.24. The first-order valence-corrected chi connectivity index (χ1v) is 6.28. The molecule has 102 valence electrons. The van der Waals surface area contributed by atoms with E-state index in [1.54, 1.807) is 9.80 Å². The third-order valence-electron chi connectivity index (χ3n) is 3.20. The van der Waals surface area contributed by atoms with Crippen LogP contribution in [0.15, 0.2) is 0 Å². The topological polar surface area (TPSA) is 85.3 Å². The van der Waals surface area contributed by atoms with Gasteiger partial charge < -0.3 is 24.7 Å². The summed E-state index contributed by atoms with van der Waals surface area (Å²) in [5.74, 6) is 0. The SMILES string of the molecule is CCN1CN([C@H]2C[C@H](O)[C@@H](CO)O2)C(=S)NC1=O. The van der Waals surface area contributed by atoms with Gasteiger partial charge in [0.15, 0.2) is 5.11 Å². The van der Waals surface area contributed by atoms with Gasteiger partial charge in [0.05, 0.1) is 19.4 Å². The Hall–Kier alpha value is -0.960. The first-order chi connectivity index (χ1) is 8.56. The zero-order valence-electron chi connectivity index (χ0n) is 10.1. The highest BCUT2D eigenvalue weighted by molar-refractivity contribution is 7.80. The molecule has 0 saturated carbocycles. The van der Waals surface area contributed by atoms with Crippen LogP contribution in [0.2, 0.25) is 0 Å². The molecule has 0 aromatic rings. The average molecular weight is 275 g/mol. The van der Waals surface area contributed by atoms with Crippen LogP contribution in [0.25, 0.3) is 0 Å². The molecule has 8 heteroatoms. The summed E-state index contributed by atoms with van der Waals surface area (Å²) in [5.41, 5.74) is 0. The predicted octanol–water partition coefficient (Wildman–Crippen LogP) is -0.956. The van der Waals surface area contributed by atoms with E-state index in [0.717, 1.165) is 0 Å². The van der Waals surface area contributed by atoms with Gasteiger partial charge >= 0.3 is 6.03 Å². The van der Waals surface area contributed by atoms with E-state index in [9.17, 15) is 9.90 Å². The van der Waals surface area contributed by atoms with Crippen LogP contribution in [0.4, 0.5) is 4.79 Å². The van der Waals surface area contributed by atoms with Gasteiger partial charge in [-0.25, -0.2) is 4.79 Å². The number of nitrogens with zero attached hydrogens (tertiary/aromatic N) is 2. The minimum absolute atomic E-state index is 0.226. The Morgan fingerprint density at radius 1 is 1.61 bits per heavy atom. The lowest BCUT2D eigenvalue weighted by molar-refractivity contribution is -0.0672. The summed E-state index contributed by atoms with van der Waals surface area (Å²) in [6.45, 7) is 2.52. The molecule has 2 aliphatic rings. The minimum Gasteiger partial charge on any atom is -0.394 e. The van der Waals surface area contributed by atoms with Gasteiger partial charge in [-0.3, -0.25) is 5.32 Å². The molecule has 0 aliphatic carbocycles. The number of thiocarbonyl (C=S) groups is 1. The second kappa shape index (κ2) is 5.35. The van der Waals surface area contributed by atoms with E-state index < -0.39 is 18.4 Å². The molecule has 3 atom stereocenters. The van der Waals surface area contributed by atoms with Crippen LogP contribution >= 0.6 is 12.2 Å². The zero-order valence-corrected chi connectivity index (χ0v) is 10.9. The Bertz CT molecular complexity index is 354. The van der Waals surface area contributed by atoms with Crippen molar-refractivity contribution in [2.75, 3.05) is 19.8 Å². The van der Waals surface area contributed by atoms with E-state index in [-0.39, 0.29) is 12.6 Å². The van der Waals surface area contributed by atoms with Crippen LogP contribution in [-0.2, 0) is 4.74 Å². The number of carbonyl (C=O) groups is 1. The zero-order chi connectivity index (χ0) is 13.3. The first kappa shape index (κ1) is 13.5. The highest BCUT2D eigenvalue weighted by atomic mass is 32.1. The van der Waals surface area contributed by atoms with Gasteiger partial charge in [0, 0.05) is 13.0 Å². The summed E-state index contributed by atoms with van der Waals surface area (Å²) in [5, 5.41) is 21.6. The summed E-state index contributed by atoms with van der Waals surface area (Å²) in [4.78, 5) is 14.8. The van der Waals surface area contributed by atoms with Crippen LogP contribution in [0.3, 0.4) is 0 Å². The van der Waals surface area contributed by atoms with Gasteiger partial charge in [0.25, 0.3) is 0 Å². The summed E-state index contributed by atoms with van der Waals surface area (Å²) in [6.07, 6.45) is -1.36. The standard InChI is InChI=1S/C10H17N3O4S/c1-2-12-5-13(10(18)11-9(12)16)8-3-6(15)7(4-14)17-8/h6-8,14-15H,2-5H2,1H3,(H,11,16,18)/t6-,7+,8+/m0/s1. The van der Waals surface area contributed by atoms with Gasteiger partial charge in [-0.05, 0) is 19.1 Å². The number of nitrogens with one attached hydrogen (secondary N) is 1. The van der Waals surface area contributed by atoms with Gasteiger partial charge in [0.1, 0.15) is 12.3 Å². The molecule has 2 rings (SSSR count). The van der Waals surface area contributed by atoms with E-state index >= 15 is 0 Å². The van der Waals surface area contributed by atoms with Crippen LogP contribution in [-0.4, -0.2) is 69.4 Å². The number of ether oxygens (including phenoxy) is 1. The van der Waals surface area contributed by atoms with Crippen molar-refractivity contribution >= 4 is 23.4 Å². The molecular formula is C10H17N3O4S. The van der Waals surface area contributed by atoms with E-state index in [4.69, 9.17) is 22.1 Å². The van der Waals surface area contributed by atoms with Crippen LogP contribution in [0.5, 0.6) is 0 Å². The highest BCUT2D eigenvalue weighted by Gasteiger charge is 2.40. The number of aliphatic hydroxyl groups is 2. The molecule has 0 radical (unpaired) electrons. The Labute approximate surface area is 110 Å². The largest absolute Gasteiger partial charge is 0.394 e. The van der Waals surface area contributed by atoms with Gasteiger partial charge in [-0.2, -0.15) is 0 Å². The van der Waals surface area contributed by atoms with Crippen molar-refractivity contribution in [3.63, 3.8) is 0 Å². The third kappa shape index (κ3) is 2.41. The van der Waals surface area contributed by atoms with Crippen molar-refractivity contribution in [3.8, 4) is 0 Å². The Kier molecular flexibility index (Phi) is 4.00. The Morgan fingerprint density at radius 3 is 2.89 bits per heavy atom. The van der Waals surface area contributed by atoms with E-state index in [1.165, 1.54) is 0 Å². The lowest BCUT2D eigenvalue weighted by atomic mass is 10.2. The molecule has 0 aromatic heterocycles. The fraction of sp³-hybridized carbons (Fsp3) is 0.800. The van der Waals surface area contributed by atoms with E-state index in [1.807, 2.05) is 6.92 Å². The number of hydrogen-bond donors (Lipinski definition) is 3. The van der Waals surface area contributed by atoms with Gasteiger partial charge in [-0.1, -0.05) is 0 Å². The molecular weight excluding hydrogens is 258 g/mol. The molecule has 18 heavy (non-hydrogen) atoms. The molecule has 2 saturated heterocycles. The summed E-state index contributed by atoms with van der Waals surface area (Å²) < 4.78 is 5.52. The van der Waals surface area contributed by atoms with Crippen LogP contribution in [0, 0.1) is 0 Å². The Balaban J connectivity index is 2.04. The normalized spacial score (nSPS) is 32.9. The van der Waals surface area contributed by atoms with E-state index in [0.29, 0.717) is 24.7 Å². The quantitative estimate of drug-likeness (QED) is 0.576. The van der Waals surface area contributed by atoms with Gasteiger partial charge in [0.2, 0.25) is 0 Å². The molecule has 3 N–H and O–H groups in total. The maximum Gasteiger partial charge on any atom is 0.325 e. The average Bonchev–Trinajstić information content (AvgIpc) is 2.70. The molecule has 2 fully saturated rings. The number of rotatable bonds is 3. The third-order valence-corrected chi connectivity index (χ3v) is 3.54. The molecule has 7 nitrogen and oxygen atoms in total. The molecule has 0 aromatic carbocycles. The second-order valence-corrected chi connectivity index (χ2v) is 4.70. The number of aliphatic hydroxyl groups excluding tert-OH is 2. The van der Waals surface area contributed by atoms with Crippen molar-refractivity contribution < 1.29 is 19.7 Å². The van der Waals surface area contributed by atoms with E-state index in [2.05, 4.69) is 5.32 Å². The maximum absolute atomic E-state index is 11.6. The van der Waals surface area contributed by atoms with Crippen molar-refractivity contribution in [1.29, 1.82) is 0 Å². The van der Waals surface area contributed by atoms with Crippen molar-refractivity contribution in [3.05, 3.63) is 0 Å². The maximum atomic E-state index is 11.6. The fourth-order valence-corrected chi connectivity index (χ4v) is 2.35. The molecule has 0 spiro atoms. The minimum atomic E-state index is -0.712. The molecule has 2 amide bonds. The molecule has 0 unspecified atom stereocenters. The monoisotopic (exact) mass is 275 g/mol. The smallest absolute Gasteiger partial charge is 0.325 e. The van der Waals surface area contributed by atoms with Gasteiger partial charge in [-0.15, -0.1) is 0 Å². The van der Waals surface area contributed by atoms with Crippen LogP contribution in [0.1, 0.15) is 13.3 Å². The van der Waals surface area contributed by atoms with Crippen LogP contribution < -0.4 is 5.32 Å². The lowest BCUT2D eigenvalue weighted by Gasteiger charge is -2.39. The van der Waals surface area contributed by atoms with Crippen molar-refractivity contribution in [2.24, 2.45) is 0 Å². The van der Waals surface area contributed by atoms with Crippen molar-refractivity contribution in [2.45, 2.75) is 31.8 Å². The lowest BCUT2D eigenvalue weighted by Crippen LogP contribution is -2.61. The number of amides is 2. The molecule has 2 heterocycles. The summed E-state index contributed by atoms with van der Waals surface area (Å²) in [7, 11) is 0. The predicted molar refractivity (Wildman–Crippen MR) is 66.6 cm³/mol. The number of hydrogen-bond acceptors (Lipinski definition) is 5. The molecule has 2 aliphatic heterocycles. The number of urea groups is 1. The Morgan fingerprint density at radius 2 is 2.33 bits per heavy atom. The second-order valence-electron chi connectivity index (χ2n) is 4.32. The fourth-order valence-electron chi connectivity index (χ4n) is 2.09. The number of carbonyl (C=O) groups excluding carboxylic acids is 1. The summed E-state index contributed by atoms with van der Waals surface area (Å²) >= 11 is 5.10. The summed E-state index contributed by atoms with van der Waals surface area (Å²) in [6, 6.07) is -0.226.